The normalized spacial score (nSPS) is 10.5. The number of nitrogens with two attached hydrogens (primary N) is 1. The van der Waals surface area contributed by atoms with Crippen molar-refractivity contribution in [3.8, 4) is 0 Å². The van der Waals surface area contributed by atoms with Crippen LogP contribution >= 0.6 is 22.6 Å². The summed E-state index contributed by atoms with van der Waals surface area (Å²) < 4.78 is 19.1. The molecule has 0 radical (unpaired) electrons. The summed E-state index contributed by atoms with van der Waals surface area (Å²) in [4.78, 5) is 4.04. The fourth-order valence-corrected chi connectivity index (χ4v) is 1.86. The monoisotopic (exact) mass is 347 g/mol. The van der Waals surface area contributed by atoms with Crippen LogP contribution in [0.1, 0.15) is 11.7 Å². The average molecular weight is 347 g/mol. The molecule has 2 rings (SSSR count). The lowest BCUT2D eigenvalue weighted by molar-refractivity contribution is 0.479. The molecule has 0 aliphatic carbocycles. The summed E-state index contributed by atoms with van der Waals surface area (Å²) in [7, 11) is 0. The Bertz CT molecular complexity index is 542. The topological polar surface area (TPSA) is 64.1 Å². The molecule has 0 unspecified atom stereocenters. The van der Waals surface area contributed by atoms with E-state index < -0.39 is 0 Å². The lowest BCUT2D eigenvalue weighted by Crippen LogP contribution is -2.04. The molecule has 0 saturated heterocycles. The molecule has 1 aromatic heterocycles. The van der Waals surface area contributed by atoms with Gasteiger partial charge in [-0.1, -0.05) is 0 Å². The molecular formula is C11H11FIN3O. The fraction of sp³-hybridized carbons (Fsp3) is 0.182. The fourth-order valence-electron chi connectivity index (χ4n) is 1.37. The number of hydrogen-bond acceptors (Lipinski definition) is 4. The second-order valence-electron chi connectivity index (χ2n) is 3.57. The number of benzene rings is 1. The van der Waals surface area contributed by atoms with Gasteiger partial charge in [0.2, 0.25) is 5.89 Å². The summed E-state index contributed by atoms with van der Waals surface area (Å²) in [6.45, 7) is 2.19. The molecule has 0 amide bonds. The molecule has 17 heavy (non-hydrogen) atoms. The zero-order valence-corrected chi connectivity index (χ0v) is 11.3. The highest BCUT2D eigenvalue weighted by Crippen LogP contribution is 2.24. The second kappa shape index (κ2) is 4.91. The number of aryl methyl sites for hydroxylation is 1. The van der Waals surface area contributed by atoms with E-state index in [4.69, 9.17) is 10.2 Å². The first-order valence-electron chi connectivity index (χ1n) is 4.96. The van der Waals surface area contributed by atoms with E-state index in [-0.39, 0.29) is 5.82 Å². The maximum Gasteiger partial charge on any atom is 0.213 e. The Morgan fingerprint density at radius 3 is 2.94 bits per heavy atom. The predicted molar refractivity (Wildman–Crippen MR) is 72.1 cm³/mol. The van der Waals surface area contributed by atoms with E-state index in [1.54, 1.807) is 12.3 Å². The third-order valence-corrected chi connectivity index (χ3v) is 3.02. The van der Waals surface area contributed by atoms with Gasteiger partial charge >= 0.3 is 0 Å². The van der Waals surface area contributed by atoms with Gasteiger partial charge in [0, 0.05) is 6.07 Å². The summed E-state index contributed by atoms with van der Waals surface area (Å²) in [5.41, 5.74) is 6.81. The van der Waals surface area contributed by atoms with E-state index in [1.165, 1.54) is 6.07 Å². The average Bonchev–Trinajstić information content (AvgIpc) is 2.68. The van der Waals surface area contributed by atoms with Crippen molar-refractivity contribution >= 4 is 34.0 Å². The maximum absolute atomic E-state index is 13.3. The van der Waals surface area contributed by atoms with Gasteiger partial charge in [-0.2, -0.15) is 0 Å². The SMILES string of the molecule is Cc1cnc(CNc2cc(F)c(I)cc2N)o1. The van der Waals surface area contributed by atoms with Crippen LogP contribution in [0, 0.1) is 16.3 Å². The largest absolute Gasteiger partial charge is 0.444 e. The number of hydrogen-bond donors (Lipinski definition) is 2. The van der Waals surface area contributed by atoms with E-state index in [0.29, 0.717) is 27.4 Å². The zero-order valence-electron chi connectivity index (χ0n) is 9.13. The van der Waals surface area contributed by atoms with Crippen LogP contribution < -0.4 is 11.1 Å². The second-order valence-corrected chi connectivity index (χ2v) is 4.73. The van der Waals surface area contributed by atoms with Gasteiger partial charge in [-0.15, -0.1) is 0 Å². The first-order valence-corrected chi connectivity index (χ1v) is 6.04. The van der Waals surface area contributed by atoms with Gasteiger partial charge in [-0.25, -0.2) is 9.37 Å². The summed E-state index contributed by atoms with van der Waals surface area (Å²) in [6, 6.07) is 2.95. The van der Waals surface area contributed by atoms with Gasteiger partial charge in [0.1, 0.15) is 11.6 Å². The molecule has 6 heteroatoms. The summed E-state index contributed by atoms with van der Waals surface area (Å²) in [5, 5.41) is 2.99. The van der Waals surface area contributed by atoms with Crippen molar-refractivity contribution in [1.29, 1.82) is 0 Å². The molecule has 90 valence electrons. The van der Waals surface area contributed by atoms with Crippen LogP contribution in [0.3, 0.4) is 0 Å². The van der Waals surface area contributed by atoms with Gasteiger partial charge < -0.3 is 15.5 Å². The third kappa shape index (κ3) is 2.87. The van der Waals surface area contributed by atoms with Crippen molar-refractivity contribution in [3.63, 3.8) is 0 Å². The maximum atomic E-state index is 13.3. The van der Waals surface area contributed by atoms with E-state index >= 15 is 0 Å². The first kappa shape index (κ1) is 12.2. The Morgan fingerprint density at radius 2 is 2.29 bits per heavy atom. The Morgan fingerprint density at radius 1 is 1.53 bits per heavy atom. The lowest BCUT2D eigenvalue weighted by Gasteiger charge is -2.08. The molecule has 0 fully saturated rings. The van der Waals surface area contributed by atoms with Crippen molar-refractivity contribution in [1.82, 2.24) is 4.98 Å². The minimum absolute atomic E-state index is 0.300. The number of aromatic nitrogens is 1. The molecule has 0 spiro atoms. The minimum Gasteiger partial charge on any atom is -0.444 e. The first-order chi connectivity index (χ1) is 8.06. The number of rotatable bonds is 3. The minimum atomic E-state index is -0.300. The molecular weight excluding hydrogens is 336 g/mol. The van der Waals surface area contributed by atoms with Crippen LogP contribution in [0.5, 0.6) is 0 Å². The van der Waals surface area contributed by atoms with E-state index in [1.807, 2.05) is 29.5 Å². The molecule has 1 aromatic carbocycles. The molecule has 2 aromatic rings. The molecule has 4 nitrogen and oxygen atoms in total. The molecule has 0 aliphatic rings. The van der Waals surface area contributed by atoms with E-state index in [0.717, 1.165) is 5.76 Å². The van der Waals surface area contributed by atoms with Crippen molar-refractivity contribution in [3.05, 3.63) is 39.4 Å². The van der Waals surface area contributed by atoms with Crippen LogP contribution in [-0.4, -0.2) is 4.98 Å². The molecule has 0 atom stereocenters. The van der Waals surface area contributed by atoms with E-state index in [2.05, 4.69) is 10.3 Å². The molecule has 0 saturated carbocycles. The summed E-state index contributed by atoms with van der Waals surface area (Å²) in [6.07, 6.45) is 1.63. The predicted octanol–water partition coefficient (Wildman–Crippen LogP) is 2.92. The molecule has 3 N–H and O–H groups in total. The number of nitrogens with one attached hydrogen (secondary N) is 1. The molecule has 0 bridgehead atoms. The van der Waals surface area contributed by atoms with Crippen molar-refractivity contribution in [2.75, 3.05) is 11.1 Å². The van der Waals surface area contributed by atoms with Crippen LogP contribution in [-0.2, 0) is 6.54 Å². The van der Waals surface area contributed by atoms with Crippen LogP contribution in [0.2, 0.25) is 0 Å². The third-order valence-electron chi connectivity index (χ3n) is 2.19. The number of anilines is 2. The summed E-state index contributed by atoms with van der Waals surface area (Å²) in [5.74, 6) is 0.982. The highest BCUT2D eigenvalue weighted by Gasteiger charge is 2.07. The van der Waals surface area contributed by atoms with Gasteiger partial charge in [-0.3, -0.25) is 0 Å². The Kier molecular flexibility index (Phi) is 3.51. The van der Waals surface area contributed by atoms with Gasteiger partial charge in [-0.05, 0) is 35.6 Å². The Labute approximate surface area is 112 Å². The van der Waals surface area contributed by atoms with Crippen LogP contribution in [0.25, 0.3) is 0 Å². The highest BCUT2D eigenvalue weighted by atomic mass is 127. The summed E-state index contributed by atoms with van der Waals surface area (Å²) >= 11 is 1.90. The van der Waals surface area contributed by atoms with Gasteiger partial charge in [0.25, 0.3) is 0 Å². The number of halogens is 2. The van der Waals surface area contributed by atoms with E-state index in [9.17, 15) is 4.39 Å². The van der Waals surface area contributed by atoms with Crippen molar-refractivity contribution < 1.29 is 8.81 Å². The smallest absolute Gasteiger partial charge is 0.213 e. The number of oxazole rings is 1. The number of nitrogens with zero attached hydrogens (tertiary/aromatic N) is 1. The van der Waals surface area contributed by atoms with Crippen molar-refractivity contribution in [2.24, 2.45) is 0 Å². The van der Waals surface area contributed by atoms with Crippen LogP contribution in [0.15, 0.2) is 22.7 Å². The highest BCUT2D eigenvalue weighted by molar-refractivity contribution is 14.1. The number of nitrogen functional groups attached to an aromatic ring is 1. The quantitative estimate of drug-likeness (QED) is 0.662. The van der Waals surface area contributed by atoms with Gasteiger partial charge in [0.15, 0.2) is 0 Å². The molecule has 0 aliphatic heterocycles. The standard InChI is InChI=1S/C11H11FIN3O/c1-6-4-16-11(17-6)5-15-10-2-7(12)8(13)3-9(10)14/h2-4,15H,5,14H2,1H3. The van der Waals surface area contributed by atoms with Gasteiger partial charge in [0.05, 0.1) is 27.7 Å². The lowest BCUT2D eigenvalue weighted by atomic mass is 10.2. The molecule has 1 heterocycles. The van der Waals surface area contributed by atoms with Crippen molar-refractivity contribution in [2.45, 2.75) is 13.5 Å². The Hall–Kier alpha value is -1.31. The Balaban J connectivity index is 2.11. The zero-order chi connectivity index (χ0) is 12.4. The van der Waals surface area contributed by atoms with Crippen LogP contribution in [0.4, 0.5) is 15.8 Å².